The molecule has 0 aromatic heterocycles. The molecule has 5 nitrogen and oxygen atoms in total. The van der Waals surface area contributed by atoms with Gasteiger partial charge in [0.1, 0.15) is 5.75 Å². The Balaban J connectivity index is 1.56. The fourth-order valence-corrected chi connectivity index (χ4v) is 3.23. The average molecular weight is 351 g/mol. The maximum atomic E-state index is 12.2. The first kappa shape index (κ1) is 18.0. The Morgan fingerprint density at radius 2 is 1.96 bits per heavy atom. The van der Waals surface area contributed by atoms with E-state index in [1.165, 1.54) is 11.8 Å². The van der Waals surface area contributed by atoms with Gasteiger partial charge in [0, 0.05) is 36.3 Å². The Morgan fingerprint density at radius 1 is 1.23 bits per heavy atom. The average Bonchev–Trinajstić information content (AvgIpc) is 3.46. The molecule has 26 heavy (non-hydrogen) atoms. The fourth-order valence-electron chi connectivity index (χ4n) is 3.23. The molecule has 1 aliphatic rings. The summed E-state index contributed by atoms with van der Waals surface area (Å²) in [6.45, 7) is 5.91. The molecule has 136 valence electrons. The van der Waals surface area contributed by atoms with Crippen molar-refractivity contribution in [2.45, 2.75) is 26.2 Å². The highest BCUT2D eigenvalue weighted by Crippen LogP contribution is 2.47. The zero-order valence-corrected chi connectivity index (χ0v) is 15.2. The minimum Gasteiger partial charge on any atom is -0.507 e. The number of nitrogens with zero attached hydrogens (tertiary/aromatic N) is 2. The van der Waals surface area contributed by atoms with E-state index in [2.05, 4.69) is 41.4 Å². The lowest BCUT2D eigenvalue weighted by molar-refractivity contribution is -0.122. The van der Waals surface area contributed by atoms with Crippen molar-refractivity contribution in [3.63, 3.8) is 0 Å². The van der Waals surface area contributed by atoms with Crippen LogP contribution in [0.1, 0.15) is 37.3 Å². The van der Waals surface area contributed by atoms with Crippen molar-refractivity contribution < 1.29 is 9.90 Å². The maximum Gasteiger partial charge on any atom is 0.243 e. The summed E-state index contributed by atoms with van der Waals surface area (Å²) in [6.07, 6.45) is 2.34. The van der Waals surface area contributed by atoms with Crippen LogP contribution in [0.3, 0.4) is 0 Å². The lowest BCUT2D eigenvalue weighted by Gasteiger charge is -2.21. The van der Waals surface area contributed by atoms with Crippen LogP contribution in [0.5, 0.6) is 5.75 Å². The predicted octanol–water partition coefficient (Wildman–Crippen LogP) is 3.49. The summed E-state index contributed by atoms with van der Waals surface area (Å²) in [5.41, 5.74) is 5.33. The maximum absolute atomic E-state index is 12.2. The molecule has 0 aliphatic heterocycles. The van der Waals surface area contributed by atoms with Gasteiger partial charge in [-0.15, -0.1) is 0 Å². The fraction of sp³-hybridized carbons (Fsp3) is 0.333. The number of benzene rings is 2. The van der Waals surface area contributed by atoms with Gasteiger partial charge in [0.15, 0.2) is 0 Å². The highest BCUT2D eigenvalue weighted by molar-refractivity contribution is 5.87. The number of phenolic OH excluding ortho intramolecular Hbond substituents is 1. The number of carbonyl (C=O) groups excluding carboxylic acids is 1. The van der Waals surface area contributed by atoms with Gasteiger partial charge in [-0.25, -0.2) is 5.43 Å². The van der Waals surface area contributed by atoms with Crippen molar-refractivity contribution in [3.05, 3.63) is 59.7 Å². The molecular formula is C21H25N3O2. The van der Waals surface area contributed by atoms with E-state index in [9.17, 15) is 9.90 Å². The van der Waals surface area contributed by atoms with Crippen LogP contribution in [0.2, 0.25) is 0 Å². The Morgan fingerprint density at radius 3 is 2.62 bits per heavy atom. The van der Waals surface area contributed by atoms with Crippen molar-refractivity contribution in [1.29, 1.82) is 0 Å². The van der Waals surface area contributed by atoms with Crippen molar-refractivity contribution in [1.82, 2.24) is 5.43 Å². The van der Waals surface area contributed by atoms with Gasteiger partial charge in [-0.3, -0.25) is 4.79 Å². The zero-order valence-electron chi connectivity index (χ0n) is 15.2. The van der Waals surface area contributed by atoms with Gasteiger partial charge < -0.3 is 10.0 Å². The molecule has 0 heterocycles. The molecular weight excluding hydrogens is 326 g/mol. The van der Waals surface area contributed by atoms with Gasteiger partial charge in [0.05, 0.1) is 6.21 Å². The third-order valence-electron chi connectivity index (χ3n) is 4.88. The SMILES string of the molecule is CCN(CC)c1ccc(C=NNC(=O)[C@H]2C[C@H]2c2ccccc2)c(O)c1. The number of nitrogens with one attached hydrogen (secondary N) is 1. The molecule has 0 bridgehead atoms. The van der Waals surface area contributed by atoms with E-state index in [4.69, 9.17) is 0 Å². The minimum atomic E-state index is -0.0747. The van der Waals surface area contributed by atoms with Crippen LogP contribution >= 0.6 is 0 Å². The van der Waals surface area contributed by atoms with Gasteiger partial charge in [-0.1, -0.05) is 30.3 Å². The number of rotatable bonds is 7. The first-order valence-corrected chi connectivity index (χ1v) is 9.09. The molecule has 2 aromatic carbocycles. The Hall–Kier alpha value is -2.82. The molecule has 5 heteroatoms. The quantitative estimate of drug-likeness (QED) is 0.593. The summed E-state index contributed by atoms with van der Waals surface area (Å²) < 4.78 is 0. The van der Waals surface area contributed by atoms with Gasteiger partial charge in [0.2, 0.25) is 5.91 Å². The van der Waals surface area contributed by atoms with Crippen molar-refractivity contribution in [2.75, 3.05) is 18.0 Å². The molecule has 2 atom stereocenters. The molecule has 1 amide bonds. The van der Waals surface area contributed by atoms with Crippen LogP contribution in [0.4, 0.5) is 5.69 Å². The third-order valence-corrected chi connectivity index (χ3v) is 4.88. The van der Waals surface area contributed by atoms with Crippen molar-refractivity contribution in [2.24, 2.45) is 11.0 Å². The first-order chi connectivity index (χ1) is 12.6. The largest absolute Gasteiger partial charge is 0.507 e. The number of phenols is 1. The summed E-state index contributed by atoms with van der Waals surface area (Å²) in [5, 5.41) is 14.2. The predicted molar refractivity (Wildman–Crippen MR) is 105 cm³/mol. The monoisotopic (exact) mass is 351 g/mol. The van der Waals surface area contributed by atoms with Crippen LogP contribution in [0.25, 0.3) is 0 Å². The van der Waals surface area contributed by atoms with Gasteiger partial charge in [-0.2, -0.15) is 5.10 Å². The topological polar surface area (TPSA) is 64.9 Å². The molecule has 0 unspecified atom stereocenters. The smallest absolute Gasteiger partial charge is 0.243 e. The number of amides is 1. The number of carbonyl (C=O) groups is 1. The molecule has 3 rings (SSSR count). The normalized spacial score (nSPS) is 18.7. The summed E-state index contributed by atoms with van der Waals surface area (Å²) in [5.74, 6) is 0.344. The lowest BCUT2D eigenvalue weighted by Crippen LogP contribution is -2.21. The molecule has 1 aliphatic carbocycles. The van der Waals surface area contributed by atoms with Gasteiger partial charge in [0.25, 0.3) is 0 Å². The standard InChI is InChI=1S/C21H25N3O2/c1-3-24(4-2)17-11-10-16(20(25)12-17)14-22-23-21(26)19-13-18(19)15-8-6-5-7-9-15/h5-12,14,18-19,25H,3-4,13H2,1-2H3,(H,23,26)/t18-,19-/m0/s1. The minimum absolute atomic E-state index is 0.0202. The summed E-state index contributed by atoms with van der Waals surface area (Å²) in [7, 11) is 0. The van der Waals surface area contributed by atoms with E-state index >= 15 is 0 Å². The van der Waals surface area contributed by atoms with E-state index in [0.717, 1.165) is 25.2 Å². The summed E-state index contributed by atoms with van der Waals surface area (Å²) in [4.78, 5) is 14.3. The molecule has 1 saturated carbocycles. The summed E-state index contributed by atoms with van der Waals surface area (Å²) >= 11 is 0. The second kappa shape index (κ2) is 8.04. The second-order valence-electron chi connectivity index (χ2n) is 6.51. The van der Waals surface area contributed by atoms with E-state index in [1.807, 2.05) is 30.3 Å². The molecule has 0 saturated heterocycles. The van der Waals surface area contributed by atoms with Crippen LogP contribution in [-0.2, 0) is 4.79 Å². The van der Waals surface area contributed by atoms with E-state index in [1.54, 1.807) is 6.07 Å². The second-order valence-corrected chi connectivity index (χ2v) is 6.51. The van der Waals surface area contributed by atoms with Crippen LogP contribution in [0.15, 0.2) is 53.6 Å². The molecule has 0 radical (unpaired) electrons. The van der Waals surface area contributed by atoms with Crippen LogP contribution in [-0.4, -0.2) is 30.3 Å². The molecule has 2 aromatic rings. The molecule has 1 fully saturated rings. The van der Waals surface area contributed by atoms with Gasteiger partial charge in [-0.05, 0) is 43.9 Å². The molecule has 2 N–H and O–H groups in total. The van der Waals surface area contributed by atoms with Crippen molar-refractivity contribution in [3.8, 4) is 5.75 Å². The van der Waals surface area contributed by atoms with Crippen LogP contribution in [0, 0.1) is 5.92 Å². The highest BCUT2D eigenvalue weighted by Gasteiger charge is 2.43. The Labute approximate surface area is 154 Å². The lowest BCUT2D eigenvalue weighted by atomic mass is 10.1. The number of hydrogen-bond donors (Lipinski definition) is 2. The van der Waals surface area contributed by atoms with Crippen molar-refractivity contribution >= 4 is 17.8 Å². The zero-order chi connectivity index (χ0) is 18.5. The first-order valence-electron chi connectivity index (χ1n) is 9.09. The van der Waals surface area contributed by atoms with Gasteiger partial charge >= 0.3 is 0 Å². The Kier molecular flexibility index (Phi) is 5.56. The van der Waals surface area contributed by atoms with E-state index in [0.29, 0.717) is 5.56 Å². The number of hydrogen-bond acceptors (Lipinski definition) is 4. The summed E-state index contributed by atoms with van der Waals surface area (Å²) in [6, 6.07) is 15.5. The number of anilines is 1. The van der Waals surface area contributed by atoms with E-state index < -0.39 is 0 Å². The van der Waals surface area contributed by atoms with Crippen LogP contribution < -0.4 is 10.3 Å². The highest BCUT2D eigenvalue weighted by atomic mass is 16.3. The molecule has 0 spiro atoms. The third kappa shape index (κ3) is 4.04. The Bertz CT molecular complexity index is 785. The number of hydrazone groups is 1. The van der Waals surface area contributed by atoms with E-state index in [-0.39, 0.29) is 23.5 Å². The number of aromatic hydroxyl groups is 1.